The van der Waals surface area contributed by atoms with Gasteiger partial charge in [-0.05, 0) is 58.2 Å². The molecule has 0 aromatic carbocycles. The second-order valence-electron chi connectivity index (χ2n) is 10.7. The van der Waals surface area contributed by atoms with Crippen LogP contribution in [-0.4, -0.2) is 109 Å². The summed E-state index contributed by atoms with van der Waals surface area (Å²) in [6.45, 7) is 3.05. The number of hydrogen-bond donors (Lipinski definition) is 8. The number of ether oxygens (including phenoxy) is 4. The fraction of sp³-hybridized carbons (Fsp3) is 0.913. The molecule has 2 aliphatic carbocycles. The smallest absolute Gasteiger partial charge is 0.215 e. The van der Waals surface area contributed by atoms with E-state index in [1.165, 1.54) is 12.8 Å². The number of aliphatic hydroxyl groups is 3. The minimum Gasteiger partial charge on any atom is -0.467 e. The molecule has 2 saturated carbocycles. The van der Waals surface area contributed by atoms with Crippen molar-refractivity contribution in [1.29, 1.82) is 0 Å². The van der Waals surface area contributed by atoms with E-state index in [0.717, 1.165) is 18.2 Å². The number of rotatable bonds is 9. The Labute approximate surface area is 206 Å². The molecular weight excluding hydrogens is 458 g/mol. The van der Waals surface area contributed by atoms with Crippen LogP contribution < -0.4 is 27.8 Å². The second-order valence-corrected chi connectivity index (χ2v) is 10.7. The van der Waals surface area contributed by atoms with Gasteiger partial charge in [-0.15, -0.1) is 0 Å². The highest BCUT2D eigenvalue weighted by molar-refractivity contribution is 5.05. The van der Waals surface area contributed by atoms with Gasteiger partial charge in [-0.3, -0.25) is 0 Å². The maximum Gasteiger partial charge on any atom is 0.215 e. The van der Waals surface area contributed by atoms with E-state index in [9.17, 15) is 15.3 Å². The van der Waals surface area contributed by atoms with Gasteiger partial charge in [0, 0.05) is 12.1 Å². The van der Waals surface area contributed by atoms with Crippen LogP contribution in [0, 0.1) is 5.92 Å². The standard InChI is InChI=1S/C23H43N5O7/c1-23(31)10-32-22(17(30)20(23)27-2)35-19-15(26)7-14(25)18(16(19)29)34-21-13(24)6-5-12(33-21)9-28-8-11-3-4-11/h5,11,13-22,27-31H,3-4,6-10,24-26H2,1-2H3/t13-,14+,15?,16?,17-,18-,19+,20-,21-,22-,23+/m1/s1. The molecule has 202 valence electrons. The molecule has 12 nitrogen and oxygen atoms in total. The van der Waals surface area contributed by atoms with Crippen LogP contribution in [-0.2, 0) is 18.9 Å². The summed E-state index contributed by atoms with van der Waals surface area (Å²) in [4.78, 5) is 0. The molecule has 11 atom stereocenters. The molecule has 4 rings (SSSR count). The minimum atomic E-state index is -1.29. The predicted octanol–water partition coefficient (Wildman–Crippen LogP) is -2.81. The first-order chi connectivity index (χ1) is 16.6. The van der Waals surface area contributed by atoms with Crippen LogP contribution in [0.3, 0.4) is 0 Å². The third kappa shape index (κ3) is 6.33. The van der Waals surface area contributed by atoms with Crippen LogP contribution in [0.2, 0.25) is 0 Å². The third-order valence-electron chi connectivity index (χ3n) is 7.45. The van der Waals surface area contributed by atoms with Gasteiger partial charge in [0.15, 0.2) is 6.29 Å². The van der Waals surface area contributed by atoms with Crippen molar-refractivity contribution in [3.8, 4) is 0 Å². The summed E-state index contributed by atoms with van der Waals surface area (Å²) in [6.07, 6.45) is -0.665. The molecule has 2 heterocycles. The van der Waals surface area contributed by atoms with Crippen LogP contribution in [0.5, 0.6) is 0 Å². The zero-order valence-electron chi connectivity index (χ0n) is 20.6. The molecule has 1 saturated heterocycles. The van der Waals surface area contributed by atoms with Crippen molar-refractivity contribution in [3.05, 3.63) is 11.8 Å². The van der Waals surface area contributed by atoms with E-state index < -0.39 is 66.8 Å². The maximum atomic E-state index is 11.2. The largest absolute Gasteiger partial charge is 0.467 e. The lowest BCUT2D eigenvalue weighted by molar-refractivity contribution is -0.303. The van der Waals surface area contributed by atoms with Crippen molar-refractivity contribution in [2.24, 2.45) is 23.1 Å². The molecule has 0 aromatic rings. The van der Waals surface area contributed by atoms with Crippen molar-refractivity contribution in [2.75, 3.05) is 26.7 Å². The molecular formula is C23H43N5O7. The fourth-order valence-electron chi connectivity index (χ4n) is 5.14. The zero-order valence-corrected chi connectivity index (χ0v) is 20.6. The Balaban J connectivity index is 1.37. The van der Waals surface area contributed by atoms with Crippen LogP contribution in [0.15, 0.2) is 11.8 Å². The molecule has 0 bridgehead atoms. The first-order valence-electron chi connectivity index (χ1n) is 12.6. The van der Waals surface area contributed by atoms with Crippen molar-refractivity contribution in [1.82, 2.24) is 10.6 Å². The quantitative estimate of drug-likeness (QED) is 0.161. The number of hydrogen-bond acceptors (Lipinski definition) is 12. The van der Waals surface area contributed by atoms with Gasteiger partial charge in [-0.1, -0.05) is 0 Å². The summed E-state index contributed by atoms with van der Waals surface area (Å²) in [5.41, 5.74) is 17.5. The highest BCUT2D eigenvalue weighted by atomic mass is 16.7. The molecule has 0 radical (unpaired) electrons. The average molecular weight is 502 g/mol. The fourth-order valence-corrected chi connectivity index (χ4v) is 5.14. The van der Waals surface area contributed by atoms with Crippen molar-refractivity contribution >= 4 is 0 Å². The van der Waals surface area contributed by atoms with E-state index >= 15 is 0 Å². The first kappa shape index (κ1) is 27.1. The molecule has 3 fully saturated rings. The van der Waals surface area contributed by atoms with Crippen molar-refractivity contribution in [3.63, 3.8) is 0 Å². The summed E-state index contributed by atoms with van der Waals surface area (Å²) < 4.78 is 23.7. The Morgan fingerprint density at radius 2 is 1.71 bits per heavy atom. The SMILES string of the molecule is CN[C@@H]1[C@@H](O)[C@@H](O[C@H]2C(N)C[C@H](N)[C@@H](O[C@H]3OC(CNCC4CC4)=CC[C@H]3N)C2O)OC[C@]1(C)O. The molecule has 12 heteroatoms. The van der Waals surface area contributed by atoms with Crippen LogP contribution in [0.25, 0.3) is 0 Å². The van der Waals surface area contributed by atoms with Gasteiger partial charge in [-0.25, -0.2) is 0 Å². The van der Waals surface area contributed by atoms with E-state index in [4.69, 9.17) is 36.1 Å². The highest BCUT2D eigenvalue weighted by Crippen LogP contribution is 2.31. The number of likely N-dealkylation sites (N-methyl/N-ethyl adjacent to an activating group) is 1. The third-order valence-corrected chi connectivity index (χ3v) is 7.45. The van der Waals surface area contributed by atoms with E-state index in [0.29, 0.717) is 19.4 Å². The Hall–Kier alpha value is -0.900. The van der Waals surface area contributed by atoms with Gasteiger partial charge in [0.1, 0.15) is 35.8 Å². The Kier molecular flexibility index (Phi) is 8.71. The molecule has 11 N–H and O–H groups in total. The molecule has 2 aliphatic heterocycles. The molecule has 4 aliphatic rings. The summed E-state index contributed by atoms with van der Waals surface area (Å²) >= 11 is 0. The molecule has 0 amide bonds. The highest BCUT2D eigenvalue weighted by Gasteiger charge is 2.50. The predicted molar refractivity (Wildman–Crippen MR) is 127 cm³/mol. The summed E-state index contributed by atoms with van der Waals surface area (Å²) in [7, 11) is 1.63. The zero-order chi connectivity index (χ0) is 25.3. The summed E-state index contributed by atoms with van der Waals surface area (Å²) in [5.74, 6) is 1.51. The van der Waals surface area contributed by atoms with Gasteiger partial charge in [0.25, 0.3) is 0 Å². The van der Waals surface area contributed by atoms with Crippen LogP contribution in [0.1, 0.15) is 32.6 Å². The lowest BCUT2D eigenvalue weighted by Crippen LogP contribution is -2.68. The van der Waals surface area contributed by atoms with Gasteiger partial charge >= 0.3 is 0 Å². The average Bonchev–Trinajstić information content (AvgIpc) is 3.62. The lowest BCUT2D eigenvalue weighted by Gasteiger charge is -2.48. The Bertz CT molecular complexity index is 739. The van der Waals surface area contributed by atoms with Gasteiger partial charge in [-0.2, -0.15) is 0 Å². The first-order valence-corrected chi connectivity index (χ1v) is 12.6. The van der Waals surface area contributed by atoms with E-state index in [1.54, 1.807) is 14.0 Å². The number of nitrogens with one attached hydrogen (secondary N) is 2. The van der Waals surface area contributed by atoms with Crippen molar-refractivity contribution in [2.45, 2.75) is 99.4 Å². The Morgan fingerprint density at radius 1 is 1.06 bits per heavy atom. The van der Waals surface area contributed by atoms with Crippen LogP contribution >= 0.6 is 0 Å². The normalized spacial score (nSPS) is 46.7. The topological polar surface area (TPSA) is 200 Å². The monoisotopic (exact) mass is 501 g/mol. The maximum absolute atomic E-state index is 11.2. The van der Waals surface area contributed by atoms with Gasteiger partial charge in [0.2, 0.25) is 6.29 Å². The Morgan fingerprint density at radius 3 is 2.34 bits per heavy atom. The van der Waals surface area contributed by atoms with Gasteiger partial charge < -0.3 is 62.1 Å². The van der Waals surface area contributed by atoms with E-state index in [1.807, 2.05) is 6.08 Å². The minimum absolute atomic E-state index is 0.0631. The van der Waals surface area contributed by atoms with E-state index in [2.05, 4.69) is 10.6 Å². The molecule has 0 aromatic heterocycles. The summed E-state index contributed by atoms with van der Waals surface area (Å²) in [6, 6.07) is -2.30. The second kappa shape index (κ2) is 11.2. The number of aliphatic hydroxyl groups excluding tert-OH is 2. The number of nitrogens with two attached hydrogens (primary N) is 3. The van der Waals surface area contributed by atoms with Crippen LogP contribution in [0.4, 0.5) is 0 Å². The molecule has 2 unspecified atom stereocenters. The van der Waals surface area contributed by atoms with Crippen molar-refractivity contribution < 1.29 is 34.3 Å². The molecule has 0 spiro atoms. The van der Waals surface area contributed by atoms with E-state index in [-0.39, 0.29) is 6.61 Å². The summed E-state index contributed by atoms with van der Waals surface area (Å²) in [5, 5.41) is 38.6. The molecule has 35 heavy (non-hydrogen) atoms. The van der Waals surface area contributed by atoms with Gasteiger partial charge in [0.05, 0.1) is 25.2 Å². The lowest BCUT2D eigenvalue weighted by atomic mass is 9.84.